The molecule has 0 radical (unpaired) electrons. The zero-order chi connectivity index (χ0) is 11.5. The molecule has 0 saturated heterocycles. The Morgan fingerprint density at radius 1 is 1.44 bits per heavy atom. The van der Waals surface area contributed by atoms with E-state index in [4.69, 9.17) is 10.5 Å². The van der Waals surface area contributed by atoms with Crippen LogP contribution in [-0.4, -0.2) is 11.5 Å². The van der Waals surface area contributed by atoms with Crippen LogP contribution in [0.4, 0.5) is 11.4 Å². The summed E-state index contributed by atoms with van der Waals surface area (Å²) in [7, 11) is 0. The minimum atomic E-state index is -0.484. The van der Waals surface area contributed by atoms with Crippen LogP contribution in [0.5, 0.6) is 0 Å². The van der Waals surface area contributed by atoms with Gasteiger partial charge in [0.15, 0.2) is 0 Å². The maximum Gasteiger partial charge on any atom is 0.292 e. The SMILES string of the molecule is Nc1ccc(C2=CCOC=C2)cc1[N+](=O)[O-]. The molecular formula is C11H10N2O3. The number of nitro benzene ring substituents is 1. The Balaban J connectivity index is 2.43. The van der Waals surface area contributed by atoms with Gasteiger partial charge in [-0.05, 0) is 29.4 Å². The molecule has 1 aliphatic heterocycles. The van der Waals surface area contributed by atoms with Gasteiger partial charge in [-0.15, -0.1) is 0 Å². The average molecular weight is 218 g/mol. The average Bonchev–Trinajstić information content (AvgIpc) is 2.30. The third kappa shape index (κ3) is 1.88. The van der Waals surface area contributed by atoms with Crippen LogP contribution in [0.15, 0.2) is 36.6 Å². The molecular weight excluding hydrogens is 208 g/mol. The molecule has 0 spiro atoms. The number of anilines is 1. The summed E-state index contributed by atoms with van der Waals surface area (Å²) in [5.74, 6) is 0. The first kappa shape index (κ1) is 10.2. The van der Waals surface area contributed by atoms with Gasteiger partial charge in [0.25, 0.3) is 5.69 Å². The van der Waals surface area contributed by atoms with Gasteiger partial charge in [0.05, 0.1) is 11.2 Å². The van der Waals surface area contributed by atoms with Crippen LogP contribution in [0.2, 0.25) is 0 Å². The van der Waals surface area contributed by atoms with E-state index in [1.807, 2.05) is 6.08 Å². The van der Waals surface area contributed by atoms with Crippen LogP contribution in [0.25, 0.3) is 5.57 Å². The minimum absolute atomic E-state index is 0.0710. The summed E-state index contributed by atoms with van der Waals surface area (Å²) in [6.45, 7) is 0.476. The quantitative estimate of drug-likeness (QED) is 0.468. The molecule has 0 aliphatic carbocycles. The second-order valence-electron chi connectivity index (χ2n) is 3.33. The third-order valence-electron chi connectivity index (χ3n) is 2.30. The molecule has 2 N–H and O–H groups in total. The number of nitrogens with zero attached hydrogens (tertiary/aromatic N) is 1. The number of hydrogen-bond acceptors (Lipinski definition) is 4. The first-order valence-corrected chi connectivity index (χ1v) is 4.71. The summed E-state index contributed by atoms with van der Waals surface area (Å²) in [6.07, 6.45) is 5.19. The van der Waals surface area contributed by atoms with Crippen molar-refractivity contribution in [2.45, 2.75) is 0 Å². The van der Waals surface area contributed by atoms with E-state index in [-0.39, 0.29) is 11.4 Å². The molecule has 0 amide bonds. The van der Waals surface area contributed by atoms with Gasteiger partial charge >= 0.3 is 0 Å². The number of rotatable bonds is 2. The summed E-state index contributed by atoms with van der Waals surface area (Å²) in [5, 5.41) is 10.7. The van der Waals surface area contributed by atoms with Crippen molar-refractivity contribution in [1.82, 2.24) is 0 Å². The monoisotopic (exact) mass is 218 g/mol. The zero-order valence-corrected chi connectivity index (χ0v) is 8.42. The van der Waals surface area contributed by atoms with E-state index in [2.05, 4.69) is 0 Å². The maximum atomic E-state index is 10.7. The molecule has 0 saturated carbocycles. The molecule has 5 heteroatoms. The van der Waals surface area contributed by atoms with E-state index in [0.717, 1.165) is 11.1 Å². The van der Waals surface area contributed by atoms with Gasteiger partial charge in [-0.1, -0.05) is 6.07 Å². The summed E-state index contributed by atoms with van der Waals surface area (Å²) < 4.78 is 5.01. The van der Waals surface area contributed by atoms with Crippen LogP contribution in [-0.2, 0) is 4.74 Å². The van der Waals surface area contributed by atoms with Crippen molar-refractivity contribution in [3.05, 3.63) is 52.3 Å². The number of hydrogen-bond donors (Lipinski definition) is 1. The Bertz CT molecular complexity index is 492. The van der Waals surface area contributed by atoms with Crippen LogP contribution < -0.4 is 5.73 Å². The van der Waals surface area contributed by atoms with Crippen molar-refractivity contribution in [3.63, 3.8) is 0 Å². The first-order chi connectivity index (χ1) is 7.68. The second-order valence-corrected chi connectivity index (χ2v) is 3.33. The van der Waals surface area contributed by atoms with Crippen LogP contribution in [0, 0.1) is 10.1 Å². The highest BCUT2D eigenvalue weighted by Crippen LogP contribution is 2.27. The Kier molecular flexibility index (Phi) is 2.59. The van der Waals surface area contributed by atoms with Crippen LogP contribution in [0.3, 0.4) is 0 Å². The zero-order valence-electron chi connectivity index (χ0n) is 8.42. The summed E-state index contributed by atoms with van der Waals surface area (Å²) in [4.78, 5) is 10.2. The predicted octanol–water partition coefficient (Wildman–Crippen LogP) is 2.10. The van der Waals surface area contributed by atoms with E-state index < -0.39 is 4.92 Å². The fourth-order valence-corrected chi connectivity index (χ4v) is 1.48. The Morgan fingerprint density at radius 2 is 2.25 bits per heavy atom. The Morgan fingerprint density at radius 3 is 2.88 bits per heavy atom. The molecule has 0 unspecified atom stereocenters. The fraction of sp³-hybridized carbons (Fsp3) is 0.0909. The van der Waals surface area contributed by atoms with Crippen molar-refractivity contribution >= 4 is 16.9 Å². The van der Waals surface area contributed by atoms with Gasteiger partial charge in [-0.3, -0.25) is 10.1 Å². The molecule has 0 bridgehead atoms. The third-order valence-corrected chi connectivity index (χ3v) is 2.30. The lowest BCUT2D eigenvalue weighted by Gasteiger charge is -2.08. The maximum absolute atomic E-state index is 10.7. The molecule has 0 fully saturated rings. The number of nitrogen functional groups attached to an aromatic ring is 1. The topological polar surface area (TPSA) is 78.4 Å². The summed E-state index contributed by atoms with van der Waals surface area (Å²) >= 11 is 0. The van der Waals surface area contributed by atoms with Gasteiger partial charge in [0.1, 0.15) is 12.3 Å². The van der Waals surface area contributed by atoms with Gasteiger partial charge in [0.2, 0.25) is 0 Å². The lowest BCUT2D eigenvalue weighted by Crippen LogP contribution is -1.98. The lowest BCUT2D eigenvalue weighted by molar-refractivity contribution is -0.383. The lowest BCUT2D eigenvalue weighted by atomic mass is 10.0. The summed E-state index contributed by atoms with van der Waals surface area (Å²) in [5.41, 5.74) is 7.28. The number of nitro groups is 1. The van der Waals surface area contributed by atoms with Crippen molar-refractivity contribution in [1.29, 1.82) is 0 Å². The smallest absolute Gasteiger partial charge is 0.292 e. The molecule has 1 aromatic rings. The van der Waals surface area contributed by atoms with E-state index >= 15 is 0 Å². The molecule has 1 aliphatic rings. The number of nitrogens with two attached hydrogens (primary N) is 1. The van der Waals surface area contributed by atoms with E-state index in [9.17, 15) is 10.1 Å². The van der Waals surface area contributed by atoms with Crippen LogP contribution in [0.1, 0.15) is 5.56 Å². The minimum Gasteiger partial charge on any atom is -0.497 e. The molecule has 82 valence electrons. The van der Waals surface area contributed by atoms with E-state index in [1.54, 1.807) is 18.4 Å². The van der Waals surface area contributed by atoms with Crippen molar-refractivity contribution < 1.29 is 9.66 Å². The molecule has 16 heavy (non-hydrogen) atoms. The first-order valence-electron chi connectivity index (χ1n) is 4.71. The van der Waals surface area contributed by atoms with Crippen molar-refractivity contribution in [3.8, 4) is 0 Å². The highest BCUT2D eigenvalue weighted by atomic mass is 16.6. The van der Waals surface area contributed by atoms with Gasteiger partial charge in [-0.2, -0.15) is 0 Å². The van der Waals surface area contributed by atoms with Crippen molar-refractivity contribution in [2.24, 2.45) is 0 Å². The molecule has 1 aromatic carbocycles. The second kappa shape index (κ2) is 4.06. The Hall–Kier alpha value is -2.30. The molecule has 0 atom stereocenters. The molecule has 5 nitrogen and oxygen atoms in total. The van der Waals surface area contributed by atoms with E-state index in [1.165, 1.54) is 12.1 Å². The fourth-order valence-electron chi connectivity index (χ4n) is 1.48. The highest BCUT2D eigenvalue weighted by Gasteiger charge is 2.13. The normalized spacial score (nSPS) is 14.1. The van der Waals surface area contributed by atoms with Crippen LogP contribution >= 0.6 is 0 Å². The van der Waals surface area contributed by atoms with Gasteiger partial charge in [0, 0.05) is 6.07 Å². The number of benzene rings is 1. The predicted molar refractivity (Wildman–Crippen MR) is 60.6 cm³/mol. The molecule has 1 heterocycles. The standard InChI is InChI=1S/C11H10N2O3/c12-10-2-1-9(7-11(10)13(14)15)8-3-5-16-6-4-8/h1-5,7H,6,12H2. The number of allylic oxidation sites excluding steroid dienone is 2. The van der Waals surface area contributed by atoms with Crippen molar-refractivity contribution in [2.75, 3.05) is 12.3 Å². The van der Waals surface area contributed by atoms with E-state index in [0.29, 0.717) is 6.61 Å². The van der Waals surface area contributed by atoms with Gasteiger partial charge < -0.3 is 10.5 Å². The van der Waals surface area contributed by atoms with Gasteiger partial charge in [-0.25, -0.2) is 0 Å². The summed E-state index contributed by atoms with van der Waals surface area (Å²) in [6, 6.07) is 4.76. The molecule has 2 rings (SSSR count). The largest absolute Gasteiger partial charge is 0.497 e. The molecule has 0 aromatic heterocycles. The number of ether oxygens (including phenoxy) is 1. The Labute approximate surface area is 92.0 Å². The highest BCUT2D eigenvalue weighted by molar-refractivity contribution is 5.78.